The molecular weight excluding hydrogens is 354 g/mol. The number of benzene rings is 1. The molecule has 1 aromatic heterocycles. The number of nitrogens with one attached hydrogen (secondary N) is 1. The molecule has 1 aliphatic rings. The lowest BCUT2D eigenvalue weighted by molar-refractivity contribution is -0.385. The van der Waals surface area contributed by atoms with Crippen molar-refractivity contribution >= 4 is 23.2 Å². The van der Waals surface area contributed by atoms with Crippen LogP contribution in [0.15, 0.2) is 30.5 Å². The summed E-state index contributed by atoms with van der Waals surface area (Å²) >= 11 is 0. The van der Waals surface area contributed by atoms with Gasteiger partial charge in [-0.1, -0.05) is 12.1 Å². The molecular formula is C17H19N5O5. The molecule has 10 nitrogen and oxygen atoms in total. The van der Waals surface area contributed by atoms with Crippen LogP contribution in [0.4, 0.5) is 11.4 Å². The normalized spacial score (nSPS) is 14.0. The van der Waals surface area contributed by atoms with Gasteiger partial charge in [0.1, 0.15) is 11.3 Å². The van der Waals surface area contributed by atoms with Crippen molar-refractivity contribution in [2.75, 3.05) is 31.6 Å². The molecule has 0 atom stereocenters. The monoisotopic (exact) mass is 373 g/mol. The van der Waals surface area contributed by atoms with Crippen molar-refractivity contribution in [1.29, 1.82) is 0 Å². The topological polar surface area (TPSA) is 120 Å². The molecule has 0 unspecified atom stereocenters. The molecule has 142 valence electrons. The van der Waals surface area contributed by atoms with Gasteiger partial charge in [0.05, 0.1) is 30.0 Å². The Kier molecular flexibility index (Phi) is 5.46. The number of anilines is 1. The van der Waals surface area contributed by atoms with E-state index in [-0.39, 0.29) is 28.5 Å². The first-order valence-corrected chi connectivity index (χ1v) is 8.50. The van der Waals surface area contributed by atoms with Gasteiger partial charge >= 0.3 is 0 Å². The van der Waals surface area contributed by atoms with E-state index in [9.17, 15) is 19.7 Å². The maximum Gasteiger partial charge on any atom is 0.282 e. The first-order valence-electron chi connectivity index (χ1n) is 8.50. The van der Waals surface area contributed by atoms with Gasteiger partial charge in [-0.15, -0.1) is 0 Å². The molecule has 0 spiro atoms. The van der Waals surface area contributed by atoms with E-state index < -0.39 is 10.8 Å². The first kappa shape index (κ1) is 18.5. The van der Waals surface area contributed by atoms with E-state index in [2.05, 4.69) is 10.4 Å². The summed E-state index contributed by atoms with van der Waals surface area (Å²) in [5.74, 6) is -0.940. The molecule has 0 radical (unpaired) electrons. The summed E-state index contributed by atoms with van der Waals surface area (Å²) in [5.41, 5.74) is 0.0679. The van der Waals surface area contributed by atoms with E-state index in [1.54, 1.807) is 4.90 Å². The number of ether oxygens (including phenoxy) is 1. The SMILES string of the molecule is CCn1ncc(NC(=O)c2ccccc2[N+](=O)[O-])c1C(=O)N1CCOCC1. The Balaban J connectivity index is 1.89. The highest BCUT2D eigenvalue weighted by Gasteiger charge is 2.27. The predicted molar refractivity (Wildman–Crippen MR) is 95.7 cm³/mol. The van der Waals surface area contributed by atoms with Gasteiger partial charge < -0.3 is 15.0 Å². The van der Waals surface area contributed by atoms with Crippen LogP contribution in [0.2, 0.25) is 0 Å². The molecule has 2 heterocycles. The Labute approximate surface area is 154 Å². The Bertz CT molecular complexity index is 872. The number of hydrogen-bond donors (Lipinski definition) is 1. The average Bonchev–Trinajstić information content (AvgIpc) is 3.10. The molecule has 10 heteroatoms. The zero-order valence-corrected chi connectivity index (χ0v) is 14.8. The minimum atomic E-state index is -0.672. The van der Waals surface area contributed by atoms with Crippen molar-refractivity contribution in [3.63, 3.8) is 0 Å². The number of nitrogens with zero attached hydrogens (tertiary/aromatic N) is 4. The molecule has 0 aliphatic carbocycles. The smallest absolute Gasteiger partial charge is 0.282 e. The van der Waals surface area contributed by atoms with Crippen molar-refractivity contribution in [1.82, 2.24) is 14.7 Å². The molecule has 0 saturated carbocycles. The van der Waals surface area contributed by atoms with Crippen molar-refractivity contribution < 1.29 is 19.2 Å². The molecule has 1 saturated heterocycles. The Morgan fingerprint density at radius 3 is 2.67 bits per heavy atom. The molecule has 1 aliphatic heterocycles. The van der Waals surface area contributed by atoms with Gasteiger partial charge in [-0.2, -0.15) is 5.10 Å². The van der Waals surface area contributed by atoms with Crippen LogP contribution in [0.1, 0.15) is 27.8 Å². The van der Waals surface area contributed by atoms with Crippen LogP contribution >= 0.6 is 0 Å². The van der Waals surface area contributed by atoms with E-state index in [0.717, 1.165) is 0 Å². The largest absolute Gasteiger partial charge is 0.378 e. The highest BCUT2D eigenvalue weighted by atomic mass is 16.6. The van der Waals surface area contributed by atoms with Gasteiger partial charge in [0.25, 0.3) is 17.5 Å². The number of amides is 2. The highest BCUT2D eigenvalue weighted by molar-refractivity contribution is 6.10. The number of para-hydroxylation sites is 1. The maximum absolute atomic E-state index is 12.9. The molecule has 3 rings (SSSR count). The van der Waals surface area contributed by atoms with Crippen LogP contribution in [0.25, 0.3) is 0 Å². The Hall–Kier alpha value is -3.27. The van der Waals surface area contributed by atoms with E-state index in [1.807, 2.05) is 6.92 Å². The average molecular weight is 373 g/mol. The van der Waals surface area contributed by atoms with E-state index in [1.165, 1.54) is 35.1 Å². The number of carbonyl (C=O) groups excluding carboxylic acids is 2. The minimum absolute atomic E-state index is 0.0866. The molecule has 0 bridgehead atoms. The van der Waals surface area contributed by atoms with Gasteiger partial charge in [0, 0.05) is 25.7 Å². The molecule has 2 amide bonds. The number of hydrogen-bond acceptors (Lipinski definition) is 6. The summed E-state index contributed by atoms with van der Waals surface area (Å²) in [6, 6.07) is 5.64. The number of morpholine rings is 1. The summed E-state index contributed by atoms with van der Waals surface area (Å²) in [7, 11) is 0. The fourth-order valence-corrected chi connectivity index (χ4v) is 2.87. The van der Waals surface area contributed by atoms with Crippen LogP contribution in [-0.2, 0) is 11.3 Å². The lowest BCUT2D eigenvalue weighted by Crippen LogP contribution is -2.41. The second-order valence-corrected chi connectivity index (χ2v) is 5.86. The van der Waals surface area contributed by atoms with Crippen molar-refractivity contribution in [3.8, 4) is 0 Å². The van der Waals surface area contributed by atoms with Crippen LogP contribution in [0.5, 0.6) is 0 Å². The minimum Gasteiger partial charge on any atom is -0.378 e. The van der Waals surface area contributed by atoms with E-state index in [4.69, 9.17) is 4.74 Å². The quantitative estimate of drug-likeness (QED) is 0.627. The third kappa shape index (κ3) is 3.80. The summed E-state index contributed by atoms with van der Waals surface area (Å²) in [6.45, 7) is 4.06. The first-order chi connectivity index (χ1) is 13.0. The van der Waals surface area contributed by atoms with Gasteiger partial charge in [-0.05, 0) is 13.0 Å². The van der Waals surface area contributed by atoms with Crippen molar-refractivity contribution in [2.24, 2.45) is 0 Å². The fourth-order valence-electron chi connectivity index (χ4n) is 2.87. The molecule has 1 aromatic carbocycles. The van der Waals surface area contributed by atoms with Gasteiger partial charge in [0.15, 0.2) is 0 Å². The van der Waals surface area contributed by atoms with Crippen molar-refractivity contribution in [2.45, 2.75) is 13.5 Å². The summed E-state index contributed by atoms with van der Waals surface area (Å²) < 4.78 is 6.75. The van der Waals surface area contributed by atoms with E-state index >= 15 is 0 Å². The number of aryl methyl sites for hydroxylation is 1. The molecule has 2 aromatic rings. The van der Waals surface area contributed by atoms with Crippen LogP contribution in [0.3, 0.4) is 0 Å². The second-order valence-electron chi connectivity index (χ2n) is 5.86. The zero-order valence-electron chi connectivity index (χ0n) is 14.8. The van der Waals surface area contributed by atoms with Crippen LogP contribution in [0, 0.1) is 10.1 Å². The van der Waals surface area contributed by atoms with Gasteiger partial charge in [0.2, 0.25) is 0 Å². The number of carbonyl (C=O) groups is 2. The van der Waals surface area contributed by atoms with E-state index in [0.29, 0.717) is 32.8 Å². The molecule has 1 N–H and O–H groups in total. The maximum atomic E-state index is 12.9. The lowest BCUT2D eigenvalue weighted by atomic mass is 10.1. The Morgan fingerprint density at radius 2 is 2.00 bits per heavy atom. The zero-order chi connectivity index (χ0) is 19.4. The van der Waals surface area contributed by atoms with Crippen molar-refractivity contribution in [3.05, 3.63) is 51.8 Å². The third-order valence-corrected chi connectivity index (χ3v) is 4.23. The highest BCUT2D eigenvalue weighted by Crippen LogP contribution is 2.22. The third-order valence-electron chi connectivity index (χ3n) is 4.23. The summed E-state index contributed by atoms with van der Waals surface area (Å²) in [5, 5.41) is 17.9. The predicted octanol–water partition coefficient (Wildman–Crippen LogP) is 1.54. The number of nitro benzene ring substituents is 1. The fraction of sp³-hybridized carbons (Fsp3) is 0.353. The summed E-state index contributed by atoms with van der Waals surface area (Å²) in [6.07, 6.45) is 1.38. The number of aromatic nitrogens is 2. The summed E-state index contributed by atoms with van der Waals surface area (Å²) in [4.78, 5) is 37.7. The standard InChI is InChI=1S/C17H19N5O5/c1-2-21-15(17(24)20-7-9-27-10-8-20)13(11-18-21)19-16(23)12-5-3-4-6-14(12)22(25)26/h3-6,11H,2,7-10H2,1H3,(H,19,23). The lowest BCUT2D eigenvalue weighted by Gasteiger charge is -2.27. The Morgan fingerprint density at radius 1 is 1.30 bits per heavy atom. The molecule has 1 fully saturated rings. The van der Waals surface area contributed by atoms with Crippen LogP contribution in [-0.4, -0.2) is 57.7 Å². The second kappa shape index (κ2) is 7.96. The van der Waals surface area contributed by atoms with Gasteiger partial charge in [-0.3, -0.25) is 24.4 Å². The molecule has 27 heavy (non-hydrogen) atoms. The van der Waals surface area contributed by atoms with Crippen LogP contribution < -0.4 is 5.32 Å². The van der Waals surface area contributed by atoms with Gasteiger partial charge in [-0.25, -0.2) is 0 Å². The number of nitro groups is 1. The number of rotatable bonds is 5.